The van der Waals surface area contributed by atoms with Crippen molar-refractivity contribution in [1.82, 2.24) is 0 Å². The summed E-state index contributed by atoms with van der Waals surface area (Å²) in [7, 11) is 0. The summed E-state index contributed by atoms with van der Waals surface area (Å²) in [5.41, 5.74) is 2.46. The molecule has 0 saturated heterocycles. The Morgan fingerprint density at radius 3 is 2.50 bits per heavy atom. The van der Waals surface area contributed by atoms with Gasteiger partial charge in [0.2, 0.25) is 5.91 Å². The Balaban J connectivity index is 2.13. The minimum Gasteiger partial charge on any atom is -0.508 e. The second-order valence-corrected chi connectivity index (χ2v) is 4.69. The molecule has 4 heteroatoms. The normalized spacial score (nSPS) is 11.7. The summed E-state index contributed by atoms with van der Waals surface area (Å²) in [6.45, 7) is 3.45. The number of para-hydroxylation sites is 1. The SMILES string of the molecule is CC(=O)Nc1cccc(NC(C)c2ccccc2O)c1. The molecule has 0 aliphatic rings. The van der Waals surface area contributed by atoms with Crippen LogP contribution in [0.1, 0.15) is 25.5 Å². The number of phenols is 1. The van der Waals surface area contributed by atoms with Crippen LogP contribution in [0.4, 0.5) is 11.4 Å². The van der Waals surface area contributed by atoms with E-state index in [1.54, 1.807) is 12.1 Å². The molecule has 0 spiro atoms. The zero-order valence-electron chi connectivity index (χ0n) is 11.6. The van der Waals surface area contributed by atoms with Crippen molar-refractivity contribution in [3.05, 3.63) is 54.1 Å². The first-order valence-corrected chi connectivity index (χ1v) is 6.48. The number of anilines is 2. The van der Waals surface area contributed by atoms with Gasteiger partial charge >= 0.3 is 0 Å². The average Bonchev–Trinajstić information content (AvgIpc) is 2.38. The van der Waals surface area contributed by atoms with Crippen LogP contribution in [0, 0.1) is 0 Å². The van der Waals surface area contributed by atoms with E-state index < -0.39 is 0 Å². The molecule has 0 radical (unpaired) electrons. The lowest BCUT2D eigenvalue weighted by atomic mass is 10.1. The molecule has 2 aromatic carbocycles. The van der Waals surface area contributed by atoms with Crippen LogP contribution in [0.5, 0.6) is 5.75 Å². The van der Waals surface area contributed by atoms with Gasteiger partial charge in [0.15, 0.2) is 0 Å². The van der Waals surface area contributed by atoms with Gasteiger partial charge in [-0.2, -0.15) is 0 Å². The van der Waals surface area contributed by atoms with Crippen molar-refractivity contribution < 1.29 is 9.90 Å². The quantitative estimate of drug-likeness (QED) is 0.796. The van der Waals surface area contributed by atoms with Gasteiger partial charge in [-0.05, 0) is 31.2 Å². The lowest BCUT2D eigenvalue weighted by molar-refractivity contribution is -0.114. The second-order valence-electron chi connectivity index (χ2n) is 4.69. The van der Waals surface area contributed by atoms with E-state index in [0.717, 1.165) is 16.9 Å². The van der Waals surface area contributed by atoms with Gasteiger partial charge in [-0.1, -0.05) is 24.3 Å². The van der Waals surface area contributed by atoms with Crippen LogP contribution in [0.3, 0.4) is 0 Å². The number of phenolic OH excluding ortho intramolecular Hbond substituents is 1. The molecule has 0 heterocycles. The maximum Gasteiger partial charge on any atom is 0.221 e. The number of aromatic hydroxyl groups is 1. The largest absolute Gasteiger partial charge is 0.508 e. The van der Waals surface area contributed by atoms with Crippen molar-refractivity contribution in [3.8, 4) is 5.75 Å². The second kappa shape index (κ2) is 6.10. The first-order valence-electron chi connectivity index (χ1n) is 6.48. The van der Waals surface area contributed by atoms with Crippen LogP contribution < -0.4 is 10.6 Å². The van der Waals surface area contributed by atoms with Crippen LogP contribution in [0.25, 0.3) is 0 Å². The highest BCUT2D eigenvalue weighted by molar-refractivity contribution is 5.89. The number of benzene rings is 2. The van der Waals surface area contributed by atoms with Gasteiger partial charge in [0.25, 0.3) is 0 Å². The number of hydrogen-bond acceptors (Lipinski definition) is 3. The monoisotopic (exact) mass is 270 g/mol. The van der Waals surface area contributed by atoms with Crippen molar-refractivity contribution in [2.45, 2.75) is 19.9 Å². The lowest BCUT2D eigenvalue weighted by Gasteiger charge is -2.17. The third kappa shape index (κ3) is 3.51. The summed E-state index contributed by atoms with van der Waals surface area (Å²) in [5, 5.41) is 15.9. The van der Waals surface area contributed by atoms with Gasteiger partial charge in [-0.3, -0.25) is 4.79 Å². The first-order chi connectivity index (χ1) is 9.56. The summed E-state index contributed by atoms with van der Waals surface area (Å²) >= 11 is 0. The summed E-state index contributed by atoms with van der Waals surface area (Å²) in [6.07, 6.45) is 0. The molecule has 0 aromatic heterocycles. The summed E-state index contributed by atoms with van der Waals surface area (Å²) in [6, 6.07) is 14.7. The van der Waals surface area contributed by atoms with Gasteiger partial charge in [0.1, 0.15) is 5.75 Å². The van der Waals surface area contributed by atoms with Crippen LogP contribution >= 0.6 is 0 Å². The number of hydrogen-bond donors (Lipinski definition) is 3. The highest BCUT2D eigenvalue weighted by atomic mass is 16.3. The molecule has 1 unspecified atom stereocenters. The fourth-order valence-electron chi connectivity index (χ4n) is 2.07. The molecule has 0 aliphatic carbocycles. The van der Waals surface area contributed by atoms with Crippen LogP contribution in [0.15, 0.2) is 48.5 Å². The molecule has 1 atom stereocenters. The summed E-state index contributed by atoms with van der Waals surface area (Å²) in [4.78, 5) is 11.0. The molecule has 2 rings (SSSR count). The van der Waals surface area contributed by atoms with Gasteiger partial charge in [-0.25, -0.2) is 0 Å². The minimum absolute atomic E-state index is 0.0382. The minimum atomic E-state index is -0.101. The number of nitrogens with one attached hydrogen (secondary N) is 2. The molecule has 2 aromatic rings. The van der Waals surface area contributed by atoms with Crippen molar-refractivity contribution in [2.24, 2.45) is 0 Å². The van der Waals surface area contributed by atoms with E-state index in [2.05, 4.69) is 10.6 Å². The van der Waals surface area contributed by atoms with Gasteiger partial charge in [-0.15, -0.1) is 0 Å². The molecule has 4 nitrogen and oxygen atoms in total. The van der Waals surface area contributed by atoms with Gasteiger partial charge in [0.05, 0.1) is 6.04 Å². The van der Waals surface area contributed by atoms with Gasteiger partial charge < -0.3 is 15.7 Å². The molecular weight excluding hydrogens is 252 g/mol. The Labute approximate surface area is 118 Å². The molecule has 0 aliphatic heterocycles. The van der Waals surface area contributed by atoms with E-state index >= 15 is 0 Å². The summed E-state index contributed by atoms with van der Waals surface area (Å²) < 4.78 is 0. The Hall–Kier alpha value is -2.49. The predicted molar refractivity (Wildman–Crippen MR) is 80.9 cm³/mol. The fourth-order valence-corrected chi connectivity index (χ4v) is 2.07. The van der Waals surface area contributed by atoms with E-state index in [1.807, 2.05) is 43.3 Å². The Kier molecular flexibility index (Phi) is 4.25. The Morgan fingerprint density at radius 2 is 1.80 bits per heavy atom. The molecule has 20 heavy (non-hydrogen) atoms. The van der Waals surface area contributed by atoms with Crippen molar-refractivity contribution in [3.63, 3.8) is 0 Å². The van der Waals surface area contributed by atoms with E-state index in [4.69, 9.17) is 0 Å². The lowest BCUT2D eigenvalue weighted by Crippen LogP contribution is -2.08. The van der Waals surface area contributed by atoms with Crippen molar-refractivity contribution >= 4 is 17.3 Å². The fraction of sp³-hybridized carbons (Fsp3) is 0.188. The van der Waals surface area contributed by atoms with Crippen LogP contribution in [-0.4, -0.2) is 11.0 Å². The maximum atomic E-state index is 11.0. The number of rotatable bonds is 4. The molecular formula is C16H18N2O2. The number of carbonyl (C=O) groups is 1. The van der Waals surface area contributed by atoms with E-state index in [9.17, 15) is 9.90 Å². The van der Waals surface area contributed by atoms with Crippen LogP contribution in [0.2, 0.25) is 0 Å². The van der Waals surface area contributed by atoms with Crippen molar-refractivity contribution in [2.75, 3.05) is 10.6 Å². The zero-order chi connectivity index (χ0) is 14.5. The molecule has 0 saturated carbocycles. The Morgan fingerprint density at radius 1 is 1.10 bits per heavy atom. The third-order valence-corrected chi connectivity index (χ3v) is 2.97. The van der Waals surface area contributed by atoms with E-state index in [1.165, 1.54) is 6.92 Å². The predicted octanol–water partition coefficient (Wildman–Crippen LogP) is 3.52. The van der Waals surface area contributed by atoms with Crippen molar-refractivity contribution in [1.29, 1.82) is 0 Å². The first kappa shape index (κ1) is 13.9. The standard InChI is InChI=1S/C16H18N2O2/c1-11(15-8-3-4-9-16(15)20)17-13-6-5-7-14(10-13)18-12(2)19/h3-11,17,20H,1-2H3,(H,18,19). The van der Waals surface area contributed by atoms with Crippen LogP contribution in [-0.2, 0) is 4.79 Å². The number of carbonyl (C=O) groups excluding carboxylic acids is 1. The highest BCUT2D eigenvalue weighted by Gasteiger charge is 2.09. The molecule has 104 valence electrons. The molecule has 3 N–H and O–H groups in total. The third-order valence-electron chi connectivity index (χ3n) is 2.97. The highest BCUT2D eigenvalue weighted by Crippen LogP contribution is 2.27. The molecule has 0 fully saturated rings. The summed E-state index contributed by atoms with van der Waals surface area (Å²) in [5.74, 6) is 0.168. The maximum absolute atomic E-state index is 11.0. The van der Waals surface area contributed by atoms with Gasteiger partial charge in [0, 0.05) is 23.9 Å². The van der Waals surface area contributed by atoms with E-state index in [-0.39, 0.29) is 17.7 Å². The Bertz CT molecular complexity index is 611. The molecule has 0 bridgehead atoms. The topological polar surface area (TPSA) is 61.4 Å². The smallest absolute Gasteiger partial charge is 0.221 e. The molecule has 1 amide bonds. The van der Waals surface area contributed by atoms with E-state index in [0.29, 0.717) is 0 Å². The zero-order valence-corrected chi connectivity index (χ0v) is 11.6. The number of amides is 1. The average molecular weight is 270 g/mol.